The lowest BCUT2D eigenvalue weighted by Crippen LogP contribution is -2.60. The average molecular weight is 2010 g/mol. The van der Waals surface area contributed by atoms with Gasteiger partial charge in [0.15, 0.2) is 5.96 Å². The van der Waals surface area contributed by atoms with E-state index in [0.29, 0.717) is 65.2 Å². The van der Waals surface area contributed by atoms with Crippen molar-refractivity contribution in [1.29, 1.82) is 5.41 Å². The number of aromatic amines is 2. The van der Waals surface area contributed by atoms with E-state index in [2.05, 4.69) is 106 Å². The van der Waals surface area contributed by atoms with Crippen molar-refractivity contribution in [3.05, 3.63) is 72.1 Å². The van der Waals surface area contributed by atoms with Gasteiger partial charge in [-0.1, -0.05) is 99.5 Å². The Labute approximate surface area is 825 Å². The molecule has 19 amide bonds. The third-order valence-electron chi connectivity index (χ3n) is 23.2. The van der Waals surface area contributed by atoms with Crippen LogP contribution in [-0.4, -0.2) is 292 Å². The van der Waals surface area contributed by atoms with Crippen LogP contribution in [0.25, 0.3) is 21.8 Å². The normalized spacial score (nSPS) is 21.9. The van der Waals surface area contributed by atoms with Gasteiger partial charge in [-0.25, -0.2) is 0 Å². The molecule has 4 aromatic rings. The van der Waals surface area contributed by atoms with Gasteiger partial charge < -0.3 is 139 Å². The highest BCUT2D eigenvalue weighted by Gasteiger charge is 2.42. The third-order valence-corrected chi connectivity index (χ3v) is 25.6. The van der Waals surface area contributed by atoms with Crippen LogP contribution in [0.1, 0.15) is 184 Å². The number of guanidine groups is 1. The fourth-order valence-electron chi connectivity index (χ4n) is 15.6. The Balaban J connectivity index is 1.46. The molecular weight excluding hydrogens is 1870 g/mol. The molecule has 47 nitrogen and oxygen atoms in total. The molecule has 30 N–H and O–H groups in total. The Bertz CT molecular complexity index is 5030. The van der Waals surface area contributed by atoms with Gasteiger partial charge in [0, 0.05) is 85.0 Å². The number of hydrogen-bond acceptors (Lipinski definition) is 25. The number of amides is 19. The van der Waals surface area contributed by atoms with E-state index in [-0.39, 0.29) is 96.2 Å². The minimum absolute atomic E-state index is 0.000204. The molecule has 0 unspecified atom stereocenters. The van der Waals surface area contributed by atoms with Crippen LogP contribution in [-0.2, 0) is 109 Å². The van der Waals surface area contributed by atoms with Gasteiger partial charge in [-0.15, -0.1) is 0 Å². The monoisotopic (exact) mass is 2010 g/mol. The van der Waals surface area contributed by atoms with Gasteiger partial charge in [-0.05, 0) is 172 Å². The summed E-state index contributed by atoms with van der Waals surface area (Å²) < 4.78 is 0. The van der Waals surface area contributed by atoms with E-state index in [1.54, 1.807) is 102 Å². The Morgan fingerprint density at radius 2 is 0.986 bits per heavy atom. The van der Waals surface area contributed by atoms with Gasteiger partial charge in [0.1, 0.15) is 96.7 Å². The molecule has 16 atom stereocenters. The van der Waals surface area contributed by atoms with Crippen LogP contribution in [0.3, 0.4) is 0 Å². The molecule has 2 aliphatic rings. The smallest absolute Gasteiger partial charge is 0.303 e. The molecular formula is C92H142N26O21S2. The van der Waals surface area contributed by atoms with Crippen LogP contribution >= 0.6 is 21.6 Å². The summed E-state index contributed by atoms with van der Waals surface area (Å²) in [6.45, 7) is 15.5. The van der Waals surface area contributed by atoms with E-state index >= 15 is 19.2 Å². The standard InChI is InChI=1S/C92H142N26O21S2/c1-47(2)36-65-84(132)110-63(28-20-34-98-92(96)97)81(129)106-53(10)91(139)118-35-21-29-72(118)90(138)111-64(30-31-75(122)123)83(131)115-68(39-55-41-99-59-24-14-12-22-57(55)59)80(128)102-44-74(121)108-69(40-56-42-100-60-25-15-13-23-58(56)60)87(135)113-67(38-49(5)6)86(134)117-70(88(136)105-52(9)77(125)104-50(7)76(95)124)45-140-141-46-71(89(137)114-66(37-48(3)4)85(133)112-65)116-78(126)51(8)103-73(120)43-101-79(127)61(26-16-18-32-93)109-82(130)62(107-54(11)119)27-17-19-33-94/h12-15,22-25,41-42,47-53,61-72,99-100H,16-21,26-40,43-46,93-94H2,1-11H3,(H2,95,124)(H,101,127)(H,102,128)(H,103,120)(H,104,125)(H,105,136)(H,106,129)(H,107,119)(H,108,121)(H,109,130)(H,110,132)(H,111,138)(H,112,133)(H,113,135)(H,114,137)(H,115,131)(H,116,126)(H,117,134)(H,122,123)(H4,96,97,98)/t50-,51-,52-,53-,61-,62-,63-,64-,65-,66-,67-,68-,69-,70-,71-,72-/m1/s1. The van der Waals surface area contributed by atoms with Gasteiger partial charge in [0.25, 0.3) is 0 Å². The van der Waals surface area contributed by atoms with E-state index in [4.69, 9.17) is 28.3 Å². The van der Waals surface area contributed by atoms with Gasteiger partial charge in [0.2, 0.25) is 112 Å². The fourth-order valence-corrected chi connectivity index (χ4v) is 18.0. The summed E-state index contributed by atoms with van der Waals surface area (Å²) in [4.78, 5) is 293. The molecule has 141 heavy (non-hydrogen) atoms. The first kappa shape index (κ1) is 117. The highest BCUT2D eigenvalue weighted by atomic mass is 33.1. The number of fused-ring (bicyclic) bond motifs is 3. The lowest BCUT2D eigenvalue weighted by atomic mass is 9.99. The zero-order valence-electron chi connectivity index (χ0n) is 81.6. The number of carbonyl (C=O) groups excluding carboxylic acids is 19. The second kappa shape index (κ2) is 58.8. The van der Waals surface area contributed by atoms with Gasteiger partial charge >= 0.3 is 5.97 Å². The molecule has 0 radical (unpaired) electrons. The molecule has 0 bridgehead atoms. The number of nitrogens with zero attached hydrogens (tertiary/aromatic N) is 1. The van der Waals surface area contributed by atoms with Crippen molar-refractivity contribution in [2.75, 3.05) is 50.8 Å². The lowest BCUT2D eigenvalue weighted by molar-refractivity contribution is -0.142. The number of aliphatic carboxylic acids is 1. The van der Waals surface area contributed by atoms with Gasteiger partial charge in [0.05, 0.1) is 13.1 Å². The molecule has 2 aliphatic heterocycles. The Morgan fingerprint density at radius 3 is 1.52 bits per heavy atom. The van der Waals surface area contributed by atoms with E-state index in [9.17, 15) is 81.8 Å². The number of carboxylic acids is 1. The predicted molar refractivity (Wildman–Crippen MR) is 526 cm³/mol. The molecule has 4 heterocycles. The molecule has 2 aromatic carbocycles. The van der Waals surface area contributed by atoms with Gasteiger partial charge in [-0.2, -0.15) is 0 Å². The number of H-pyrrole nitrogens is 2. The number of benzene rings is 2. The lowest BCUT2D eigenvalue weighted by Gasteiger charge is -2.30. The summed E-state index contributed by atoms with van der Waals surface area (Å²) in [5, 5.41) is 65.9. The molecule has 2 fully saturated rings. The van der Waals surface area contributed by atoms with Crippen LogP contribution in [0.5, 0.6) is 0 Å². The second-order valence-corrected chi connectivity index (χ2v) is 39.1. The minimum Gasteiger partial charge on any atom is -0.481 e. The summed E-state index contributed by atoms with van der Waals surface area (Å²) in [5.74, 6) is -21.4. The number of para-hydroxylation sites is 2. The largest absolute Gasteiger partial charge is 0.481 e. The number of unbranched alkanes of at least 4 members (excludes halogenated alkanes) is 2. The van der Waals surface area contributed by atoms with Crippen molar-refractivity contribution in [1.82, 2.24) is 111 Å². The summed E-state index contributed by atoms with van der Waals surface area (Å²) in [5.41, 5.74) is 24.7. The number of hydrogen-bond donors (Lipinski definition) is 26. The number of carbonyl (C=O) groups is 20. The number of aromatic nitrogens is 2. The van der Waals surface area contributed by atoms with Crippen LogP contribution in [0.15, 0.2) is 60.9 Å². The van der Waals surface area contributed by atoms with Crippen molar-refractivity contribution in [3.8, 4) is 0 Å². The molecule has 0 spiro atoms. The topological polar surface area (TPSA) is 741 Å². The van der Waals surface area contributed by atoms with E-state index in [1.165, 1.54) is 34.6 Å². The summed E-state index contributed by atoms with van der Waals surface area (Å²) in [6.07, 6.45) is 3.10. The number of nitrogens with two attached hydrogens (primary N) is 4. The first-order valence-electron chi connectivity index (χ1n) is 47.5. The van der Waals surface area contributed by atoms with E-state index < -0.39 is 270 Å². The fraction of sp³-hybridized carbons (Fsp3) is 0.598. The van der Waals surface area contributed by atoms with Crippen molar-refractivity contribution < 1.29 is 101 Å². The average Bonchev–Trinajstić information content (AvgIpc) is 1.87. The highest BCUT2D eigenvalue weighted by Crippen LogP contribution is 2.27. The molecule has 2 saturated heterocycles. The highest BCUT2D eigenvalue weighted by molar-refractivity contribution is 8.76. The van der Waals surface area contributed by atoms with Crippen LogP contribution < -0.4 is 119 Å². The maximum atomic E-state index is 15.3. The zero-order chi connectivity index (χ0) is 104. The quantitative estimate of drug-likeness (QED) is 0.00889. The maximum absolute atomic E-state index is 15.3. The van der Waals surface area contributed by atoms with Gasteiger partial charge in [-0.3, -0.25) is 101 Å². The van der Waals surface area contributed by atoms with Crippen LogP contribution in [0.4, 0.5) is 0 Å². The number of primary amides is 1. The molecule has 6 rings (SSSR count). The summed E-state index contributed by atoms with van der Waals surface area (Å²) in [6, 6.07) is -9.75. The van der Waals surface area contributed by atoms with Crippen LogP contribution in [0.2, 0.25) is 0 Å². The Hall–Kier alpha value is -13.2. The Kier molecular flexibility index (Phi) is 48.6. The number of nitrogens with one attached hydrogen (secondary N) is 21. The van der Waals surface area contributed by atoms with Crippen LogP contribution in [0, 0.1) is 23.2 Å². The third kappa shape index (κ3) is 39.4. The van der Waals surface area contributed by atoms with Crippen molar-refractivity contribution in [2.45, 2.75) is 282 Å². The number of rotatable bonds is 39. The molecule has 778 valence electrons. The first-order valence-corrected chi connectivity index (χ1v) is 50.0. The molecule has 2 aromatic heterocycles. The van der Waals surface area contributed by atoms with Crippen molar-refractivity contribution in [2.24, 2.45) is 40.7 Å². The van der Waals surface area contributed by atoms with E-state index in [0.717, 1.165) is 26.5 Å². The zero-order valence-corrected chi connectivity index (χ0v) is 83.2. The summed E-state index contributed by atoms with van der Waals surface area (Å²) in [7, 11) is 1.64. The first-order chi connectivity index (χ1) is 66.8. The number of carboxylic acid groups (broad SMARTS) is 1. The SMILES string of the molecule is CC(=O)N[C@H](CCCCN)C(=O)N[C@H](CCCCN)C(=O)NCC(=O)N[C@H](C)C(=O)N[C@@H]1CSSC[C@H](C(=O)N[C@H](C)C(=O)N[C@H](C)C(N)=O)NC(=O)[C@@H](CC(C)C)NC(=O)[C@@H](Cc2c[nH]c3ccccc23)NC(=O)CNC(=O)[C@@H](Cc2c[nH]c3ccccc23)NC(=O)[C@@H](CCC(=O)O)NC(=O)[C@H]2CCCN2C(=O)[C@@H](C)NC(=O)[C@@H](CCCNC(=N)N)NC(=O)[C@@H](CC(C)C)NC(=O)[C@@H](CC(C)C)NC1=O. The minimum atomic E-state index is -1.72. The van der Waals surface area contributed by atoms with Crippen molar-refractivity contribution >= 4 is 168 Å². The molecule has 0 saturated carbocycles. The van der Waals surface area contributed by atoms with Crippen molar-refractivity contribution in [3.63, 3.8) is 0 Å². The second-order valence-electron chi connectivity index (χ2n) is 36.5. The Morgan fingerprint density at radius 1 is 0.504 bits per heavy atom. The summed E-state index contributed by atoms with van der Waals surface area (Å²) >= 11 is 0. The predicted octanol–water partition coefficient (Wildman–Crippen LogP) is -3.57. The van der Waals surface area contributed by atoms with E-state index in [1.807, 2.05) is 0 Å². The molecule has 49 heteroatoms. The molecule has 0 aliphatic carbocycles. The maximum Gasteiger partial charge on any atom is 0.303 e.